The minimum absolute atomic E-state index is 0.147. The van der Waals surface area contributed by atoms with E-state index in [-0.39, 0.29) is 58.1 Å². The van der Waals surface area contributed by atoms with Crippen LogP contribution in [0, 0.1) is 0 Å². The molecule has 6 N–H and O–H groups in total. The van der Waals surface area contributed by atoms with Gasteiger partial charge in [-0.3, -0.25) is 0 Å². The lowest BCUT2D eigenvalue weighted by Gasteiger charge is -2.23. The first-order valence-electron chi connectivity index (χ1n) is 9.52. The normalized spacial score (nSPS) is 11.7. The van der Waals surface area contributed by atoms with E-state index in [9.17, 15) is 14.7 Å². The number of aliphatic hydroxyl groups is 4. The van der Waals surface area contributed by atoms with E-state index in [0.29, 0.717) is 13.1 Å². The molecule has 160 valence electrons. The Bertz CT molecular complexity index is 392. The Hall–Kier alpha value is -1.62. The molecule has 1 unspecified atom stereocenters. The number of nitrogens with zero attached hydrogens (tertiary/aromatic N) is 2. The molecule has 0 saturated heterocycles. The van der Waals surface area contributed by atoms with E-state index in [1.807, 2.05) is 0 Å². The Kier molecular flexibility index (Phi) is 15.6. The Morgan fingerprint density at radius 3 is 1.59 bits per heavy atom. The summed E-state index contributed by atoms with van der Waals surface area (Å²) in [7, 11) is 0. The third-order valence-electron chi connectivity index (χ3n) is 3.82. The van der Waals surface area contributed by atoms with Crippen LogP contribution >= 0.6 is 0 Å². The number of amides is 4. The third-order valence-corrected chi connectivity index (χ3v) is 3.82. The van der Waals surface area contributed by atoms with Gasteiger partial charge in [-0.2, -0.15) is 0 Å². The molecule has 0 fully saturated rings. The first kappa shape index (κ1) is 25.4. The van der Waals surface area contributed by atoms with E-state index < -0.39 is 6.10 Å². The van der Waals surface area contributed by atoms with Crippen LogP contribution in [0.25, 0.3) is 0 Å². The van der Waals surface area contributed by atoms with Crippen LogP contribution in [0.3, 0.4) is 0 Å². The highest BCUT2D eigenvalue weighted by Gasteiger charge is 2.14. The molecular formula is C17H36N4O6. The Balaban J connectivity index is 3.79. The second kappa shape index (κ2) is 16.5. The number of carbonyl (C=O) groups excluding carboxylic acids is 2. The van der Waals surface area contributed by atoms with E-state index in [2.05, 4.69) is 10.6 Å². The molecule has 0 aliphatic heterocycles. The summed E-state index contributed by atoms with van der Waals surface area (Å²) in [6, 6.07) is -0.600. The van der Waals surface area contributed by atoms with Gasteiger partial charge in [0.25, 0.3) is 0 Å². The number of hydrogen-bond donors (Lipinski definition) is 6. The zero-order valence-electron chi connectivity index (χ0n) is 16.3. The van der Waals surface area contributed by atoms with Gasteiger partial charge in [-0.25, -0.2) is 9.59 Å². The van der Waals surface area contributed by atoms with Gasteiger partial charge in [0.15, 0.2) is 0 Å². The molecule has 27 heavy (non-hydrogen) atoms. The molecule has 0 radical (unpaired) electrons. The predicted molar refractivity (Wildman–Crippen MR) is 101 cm³/mol. The molecule has 0 aliphatic rings. The zero-order valence-corrected chi connectivity index (χ0v) is 16.3. The second-order valence-electron chi connectivity index (χ2n) is 6.33. The molecule has 0 bridgehead atoms. The van der Waals surface area contributed by atoms with Crippen LogP contribution in [0.1, 0.15) is 32.6 Å². The van der Waals surface area contributed by atoms with Crippen molar-refractivity contribution in [1.82, 2.24) is 20.4 Å². The average Bonchev–Trinajstić information content (AvgIpc) is 2.62. The number of carbonyl (C=O) groups is 2. The lowest BCUT2D eigenvalue weighted by Crippen LogP contribution is -2.44. The number of urea groups is 2. The summed E-state index contributed by atoms with van der Waals surface area (Å²) >= 11 is 0. The van der Waals surface area contributed by atoms with E-state index in [1.165, 1.54) is 9.80 Å². The highest BCUT2D eigenvalue weighted by molar-refractivity contribution is 5.74. The van der Waals surface area contributed by atoms with Crippen molar-refractivity contribution in [2.24, 2.45) is 0 Å². The van der Waals surface area contributed by atoms with Crippen LogP contribution in [0.4, 0.5) is 9.59 Å². The number of aliphatic hydroxyl groups excluding tert-OH is 4. The smallest absolute Gasteiger partial charge is 0.317 e. The molecule has 0 rings (SSSR count). The average molecular weight is 392 g/mol. The summed E-state index contributed by atoms with van der Waals surface area (Å²) in [6.45, 7) is 2.89. The van der Waals surface area contributed by atoms with Crippen LogP contribution < -0.4 is 10.6 Å². The van der Waals surface area contributed by atoms with Crippen LogP contribution in [0.2, 0.25) is 0 Å². The van der Waals surface area contributed by atoms with Gasteiger partial charge in [0.05, 0.1) is 25.9 Å². The van der Waals surface area contributed by atoms with Gasteiger partial charge in [0.2, 0.25) is 0 Å². The van der Waals surface area contributed by atoms with Crippen molar-refractivity contribution in [2.75, 3.05) is 59.1 Å². The van der Waals surface area contributed by atoms with Gasteiger partial charge in [-0.15, -0.1) is 0 Å². The van der Waals surface area contributed by atoms with Crippen LogP contribution in [-0.4, -0.2) is 107 Å². The topological polar surface area (TPSA) is 146 Å². The van der Waals surface area contributed by atoms with Crippen LogP contribution in [0.5, 0.6) is 0 Å². The van der Waals surface area contributed by atoms with Crippen molar-refractivity contribution in [3.8, 4) is 0 Å². The summed E-state index contributed by atoms with van der Waals surface area (Å²) < 4.78 is 0. The Labute approximate surface area is 161 Å². The van der Waals surface area contributed by atoms with E-state index >= 15 is 0 Å². The SMILES string of the molecule is CC(O)CN(CCO)C(=O)NCCCCCCNC(=O)N(CCO)CCO. The summed E-state index contributed by atoms with van der Waals surface area (Å²) in [4.78, 5) is 26.5. The van der Waals surface area contributed by atoms with Crippen molar-refractivity contribution >= 4 is 12.1 Å². The first-order valence-corrected chi connectivity index (χ1v) is 9.52. The van der Waals surface area contributed by atoms with Crippen molar-refractivity contribution in [2.45, 2.75) is 38.7 Å². The van der Waals surface area contributed by atoms with E-state index in [0.717, 1.165) is 25.7 Å². The fourth-order valence-electron chi connectivity index (χ4n) is 2.49. The van der Waals surface area contributed by atoms with Crippen LogP contribution in [-0.2, 0) is 0 Å². The van der Waals surface area contributed by atoms with Gasteiger partial charge in [-0.1, -0.05) is 12.8 Å². The van der Waals surface area contributed by atoms with Crippen molar-refractivity contribution in [3.05, 3.63) is 0 Å². The molecule has 10 nitrogen and oxygen atoms in total. The Morgan fingerprint density at radius 2 is 1.19 bits per heavy atom. The van der Waals surface area contributed by atoms with Crippen LogP contribution in [0.15, 0.2) is 0 Å². The predicted octanol–water partition coefficient (Wildman–Crippen LogP) is -1.07. The summed E-state index contributed by atoms with van der Waals surface area (Å²) in [6.07, 6.45) is 2.73. The first-order chi connectivity index (χ1) is 13.0. The largest absolute Gasteiger partial charge is 0.395 e. The van der Waals surface area contributed by atoms with Gasteiger partial charge in [0.1, 0.15) is 0 Å². The monoisotopic (exact) mass is 392 g/mol. The molecule has 0 aromatic heterocycles. The van der Waals surface area contributed by atoms with Gasteiger partial charge < -0.3 is 40.9 Å². The standard InChI is InChI=1S/C17H36N4O6/c1-15(25)14-21(10-13-24)17(27)19-7-5-3-2-4-6-18-16(26)20(8-11-22)9-12-23/h15,22-25H,2-14H2,1H3,(H,18,26)(H,19,27). The van der Waals surface area contributed by atoms with Crippen molar-refractivity contribution < 1.29 is 30.0 Å². The van der Waals surface area contributed by atoms with Crippen molar-refractivity contribution in [3.63, 3.8) is 0 Å². The molecule has 0 saturated carbocycles. The van der Waals surface area contributed by atoms with Gasteiger partial charge >= 0.3 is 12.1 Å². The second-order valence-corrected chi connectivity index (χ2v) is 6.33. The quantitative estimate of drug-likeness (QED) is 0.196. The summed E-state index contributed by atoms with van der Waals surface area (Å²) in [5, 5.41) is 41.6. The fraction of sp³-hybridized carbons (Fsp3) is 0.882. The maximum absolute atomic E-state index is 12.0. The highest BCUT2D eigenvalue weighted by atomic mass is 16.3. The number of rotatable bonds is 15. The zero-order chi connectivity index (χ0) is 20.5. The molecule has 0 aromatic rings. The van der Waals surface area contributed by atoms with Crippen molar-refractivity contribution in [1.29, 1.82) is 0 Å². The van der Waals surface area contributed by atoms with E-state index in [1.54, 1.807) is 6.92 Å². The molecule has 4 amide bonds. The molecule has 0 spiro atoms. The summed E-state index contributed by atoms with van der Waals surface area (Å²) in [5.74, 6) is 0. The molecule has 0 aromatic carbocycles. The number of nitrogens with one attached hydrogen (secondary N) is 2. The molecule has 0 aliphatic carbocycles. The number of unbranched alkanes of at least 4 members (excludes halogenated alkanes) is 3. The minimum Gasteiger partial charge on any atom is -0.395 e. The molecule has 1 atom stereocenters. The number of hydrogen-bond acceptors (Lipinski definition) is 6. The molecule has 10 heteroatoms. The lowest BCUT2D eigenvalue weighted by atomic mass is 10.2. The minimum atomic E-state index is -0.650. The maximum atomic E-state index is 12.0. The van der Waals surface area contributed by atoms with E-state index in [4.69, 9.17) is 15.3 Å². The third kappa shape index (κ3) is 13.2. The fourth-order valence-corrected chi connectivity index (χ4v) is 2.49. The maximum Gasteiger partial charge on any atom is 0.317 e. The molecular weight excluding hydrogens is 356 g/mol. The Morgan fingerprint density at radius 1 is 0.778 bits per heavy atom. The summed E-state index contributed by atoms with van der Waals surface area (Å²) in [5.41, 5.74) is 0. The highest BCUT2D eigenvalue weighted by Crippen LogP contribution is 2.00. The van der Waals surface area contributed by atoms with Gasteiger partial charge in [0, 0.05) is 39.3 Å². The molecule has 0 heterocycles. The lowest BCUT2D eigenvalue weighted by molar-refractivity contribution is 0.120. The van der Waals surface area contributed by atoms with Gasteiger partial charge in [-0.05, 0) is 19.8 Å².